The number of aryl methyl sites for hydroxylation is 1. The molecule has 12 heteroatoms. The first kappa shape index (κ1) is 22.5. The lowest BCUT2D eigenvalue weighted by Crippen LogP contribution is -2.49. The normalized spacial score (nSPS) is 19.8. The molecule has 2 aliphatic rings. The molecule has 0 bridgehead atoms. The van der Waals surface area contributed by atoms with E-state index in [1.54, 1.807) is 0 Å². The molecular formula is C20H22F3N5O3S. The van der Waals surface area contributed by atoms with Crippen LogP contribution < -0.4 is 9.80 Å². The Morgan fingerprint density at radius 3 is 2.34 bits per heavy atom. The maximum Gasteiger partial charge on any atom is 0.471 e. The van der Waals surface area contributed by atoms with Gasteiger partial charge in [-0.2, -0.15) is 22.6 Å². The van der Waals surface area contributed by atoms with Crippen molar-refractivity contribution >= 4 is 27.4 Å². The van der Waals surface area contributed by atoms with Gasteiger partial charge in [0.25, 0.3) is 0 Å². The van der Waals surface area contributed by atoms with E-state index in [0.717, 1.165) is 5.69 Å². The molecule has 0 radical (unpaired) electrons. The minimum Gasteiger partial charge on any atom is -0.352 e. The second kappa shape index (κ2) is 8.00. The second-order valence-electron chi connectivity index (χ2n) is 7.94. The van der Waals surface area contributed by atoms with Crippen LogP contribution in [0.3, 0.4) is 0 Å². The van der Waals surface area contributed by atoms with Crippen LogP contribution in [-0.4, -0.2) is 67.2 Å². The third-order valence-electron chi connectivity index (χ3n) is 5.71. The highest BCUT2D eigenvalue weighted by atomic mass is 32.2. The molecule has 0 aliphatic carbocycles. The van der Waals surface area contributed by atoms with Crippen LogP contribution in [0.25, 0.3) is 0 Å². The third kappa shape index (κ3) is 4.04. The van der Waals surface area contributed by atoms with E-state index >= 15 is 0 Å². The number of benzene rings is 1. The van der Waals surface area contributed by atoms with Gasteiger partial charge in [-0.05, 0) is 56.2 Å². The molecular weight excluding hydrogens is 447 g/mol. The van der Waals surface area contributed by atoms with Crippen molar-refractivity contribution in [3.8, 4) is 0 Å². The average Bonchev–Trinajstić information content (AvgIpc) is 3.08. The summed E-state index contributed by atoms with van der Waals surface area (Å²) in [4.78, 5) is 14.4. The Labute approximate surface area is 183 Å². The number of amides is 1. The van der Waals surface area contributed by atoms with Gasteiger partial charge < -0.3 is 9.80 Å². The van der Waals surface area contributed by atoms with Crippen LogP contribution >= 0.6 is 0 Å². The maximum absolute atomic E-state index is 13.1. The molecule has 4 rings (SSSR count). The molecule has 1 fully saturated rings. The van der Waals surface area contributed by atoms with Gasteiger partial charge in [-0.15, -0.1) is 5.10 Å². The number of fused-ring (bicyclic) bond motifs is 1. The molecule has 1 aromatic heterocycles. The van der Waals surface area contributed by atoms with E-state index in [0.29, 0.717) is 29.4 Å². The number of aromatic nitrogens is 2. The summed E-state index contributed by atoms with van der Waals surface area (Å²) < 4.78 is 66.5. The smallest absolute Gasteiger partial charge is 0.352 e. The number of anilines is 2. The van der Waals surface area contributed by atoms with Crippen molar-refractivity contribution in [1.82, 2.24) is 14.5 Å². The highest BCUT2D eigenvalue weighted by molar-refractivity contribution is 7.89. The molecule has 0 spiro atoms. The van der Waals surface area contributed by atoms with Crippen LogP contribution in [0, 0.1) is 6.92 Å². The zero-order chi connectivity index (χ0) is 23.3. The van der Waals surface area contributed by atoms with E-state index in [2.05, 4.69) is 10.2 Å². The summed E-state index contributed by atoms with van der Waals surface area (Å²) in [6.07, 6.45) is -4.84. The number of rotatable bonds is 3. The highest BCUT2D eigenvalue weighted by Gasteiger charge is 2.47. The fourth-order valence-electron chi connectivity index (χ4n) is 4.08. The first-order valence-corrected chi connectivity index (χ1v) is 11.5. The molecule has 1 aromatic carbocycles. The van der Waals surface area contributed by atoms with Gasteiger partial charge in [0.1, 0.15) is 0 Å². The Bertz CT molecular complexity index is 1130. The summed E-state index contributed by atoms with van der Waals surface area (Å²) in [5.74, 6) is -1.27. The summed E-state index contributed by atoms with van der Waals surface area (Å²) in [6.45, 7) is 4.69. The zero-order valence-corrected chi connectivity index (χ0v) is 18.3. The lowest BCUT2D eigenvalue weighted by molar-refractivity contribution is -0.170. The monoisotopic (exact) mass is 469 g/mol. The lowest BCUT2D eigenvalue weighted by atomic mass is 10.1. The van der Waals surface area contributed by atoms with Crippen molar-refractivity contribution in [3.05, 3.63) is 41.6 Å². The lowest BCUT2D eigenvalue weighted by Gasteiger charge is -2.34. The molecule has 0 N–H and O–H groups in total. The number of carbonyl (C=O) groups excluding carboxylic acids is 1. The predicted molar refractivity (Wildman–Crippen MR) is 111 cm³/mol. The topological polar surface area (TPSA) is 86.7 Å². The van der Waals surface area contributed by atoms with E-state index in [1.165, 1.54) is 29.4 Å². The molecule has 1 amide bonds. The second-order valence-corrected chi connectivity index (χ2v) is 9.88. The molecule has 2 aliphatic heterocycles. The molecule has 32 heavy (non-hydrogen) atoms. The number of piperazine rings is 1. The van der Waals surface area contributed by atoms with Crippen LogP contribution in [0.2, 0.25) is 0 Å². The minimum atomic E-state index is -5.00. The number of halogens is 3. The standard InChI is InChI=1S/C20H22F3N5O3S/c1-13-3-6-18(25-24-13)26-7-9-27(10-8-26)32(30,31)16-4-5-17-15(12-16)11-14(2)28(17)19(29)20(21,22)23/h3-6,12,14H,7-11H2,1-2H3. The predicted octanol–water partition coefficient (Wildman–Crippen LogP) is 2.14. The summed E-state index contributed by atoms with van der Waals surface area (Å²) in [5.41, 5.74) is 1.29. The first-order chi connectivity index (χ1) is 15.0. The summed E-state index contributed by atoms with van der Waals surface area (Å²) >= 11 is 0. The molecule has 0 saturated carbocycles. The average molecular weight is 469 g/mol. The van der Waals surface area contributed by atoms with Crippen molar-refractivity contribution in [2.24, 2.45) is 0 Å². The van der Waals surface area contributed by atoms with Gasteiger partial charge in [-0.1, -0.05) is 0 Å². The van der Waals surface area contributed by atoms with Gasteiger partial charge in [-0.3, -0.25) is 4.79 Å². The first-order valence-electron chi connectivity index (χ1n) is 10.1. The van der Waals surface area contributed by atoms with Crippen molar-refractivity contribution in [2.45, 2.75) is 37.4 Å². The molecule has 3 heterocycles. The number of carbonyl (C=O) groups is 1. The Kier molecular flexibility index (Phi) is 5.61. The largest absolute Gasteiger partial charge is 0.471 e. The van der Waals surface area contributed by atoms with E-state index in [1.807, 2.05) is 24.0 Å². The molecule has 172 valence electrons. The molecule has 1 atom stereocenters. The Morgan fingerprint density at radius 1 is 1.06 bits per heavy atom. The highest BCUT2D eigenvalue weighted by Crippen LogP contribution is 2.37. The van der Waals surface area contributed by atoms with Gasteiger partial charge in [0.2, 0.25) is 10.0 Å². The molecule has 2 aromatic rings. The Hall–Kier alpha value is -2.73. The fourth-order valence-corrected chi connectivity index (χ4v) is 5.55. The van der Waals surface area contributed by atoms with Crippen molar-refractivity contribution < 1.29 is 26.4 Å². The van der Waals surface area contributed by atoms with E-state index in [4.69, 9.17) is 0 Å². The van der Waals surface area contributed by atoms with E-state index in [-0.39, 0.29) is 30.1 Å². The number of sulfonamides is 1. The van der Waals surface area contributed by atoms with E-state index < -0.39 is 28.1 Å². The summed E-state index contributed by atoms with van der Waals surface area (Å²) in [5, 5.41) is 8.15. The van der Waals surface area contributed by atoms with Gasteiger partial charge >= 0.3 is 12.1 Å². The van der Waals surface area contributed by atoms with Crippen molar-refractivity contribution in [1.29, 1.82) is 0 Å². The summed E-state index contributed by atoms with van der Waals surface area (Å²) in [6, 6.07) is 6.89. The van der Waals surface area contributed by atoms with Gasteiger partial charge in [-0.25, -0.2) is 8.42 Å². The number of hydrogen-bond donors (Lipinski definition) is 0. The summed E-state index contributed by atoms with van der Waals surface area (Å²) in [7, 11) is -3.83. The zero-order valence-electron chi connectivity index (χ0n) is 17.5. The molecule has 1 unspecified atom stereocenters. The van der Waals surface area contributed by atoms with Gasteiger partial charge in [0, 0.05) is 37.9 Å². The number of nitrogens with zero attached hydrogens (tertiary/aromatic N) is 5. The fraction of sp³-hybridized carbons (Fsp3) is 0.450. The van der Waals surface area contributed by atoms with Crippen LogP contribution in [0.4, 0.5) is 24.7 Å². The van der Waals surface area contributed by atoms with Gasteiger partial charge in [0.05, 0.1) is 10.6 Å². The van der Waals surface area contributed by atoms with Crippen molar-refractivity contribution in [3.63, 3.8) is 0 Å². The Morgan fingerprint density at radius 2 is 1.75 bits per heavy atom. The Balaban J connectivity index is 1.51. The maximum atomic E-state index is 13.1. The quantitative estimate of drug-likeness (QED) is 0.685. The van der Waals surface area contributed by atoms with Gasteiger partial charge in [0.15, 0.2) is 5.82 Å². The van der Waals surface area contributed by atoms with Crippen LogP contribution in [0.15, 0.2) is 35.2 Å². The molecule has 8 nitrogen and oxygen atoms in total. The number of alkyl halides is 3. The van der Waals surface area contributed by atoms with Crippen LogP contribution in [0.1, 0.15) is 18.2 Å². The number of hydrogen-bond acceptors (Lipinski definition) is 6. The van der Waals surface area contributed by atoms with Crippen LogP contribution in [-0.2, 0) is 21.2 Å². The SMILES string of the molecule is Cc1ccc(N2CCN(S(=O)(=O)c3ccc4c(c3)CC(C)N4C(=O)C(F)(F)F)CC2)nn1. The molecule has 1 saturated heterocycles. The minimum absolute atomic E-state index is 0.00772. The van der Waals surface area contributed by atoms with Crippen LogP contribution in [0.5, 0.6) is 0 Å². The third-order valence-corrected chi connectivity index (χ3v) is 7.61. The van der Waals surface area contributed by atoms with E-state index in [9.17, 15) is 26.4 Å². The van der Waals surface area contributed by atoms with Crippen molar-refractivity contribution in [2.75, 3.05) is 36.0 Å².